The molecule has 9 heteroatoms. The summed E-state index contributed by atoms with van der Waals surface area (Å²) in [6.07, 6.45) is 2.29. The highest BCUT2D eigenvalue weighted by atomic mass is 32.2. The number of benzene rings is 1. The maximum Gasteiger partial charge on any atom is 0.274 e. The van der Waals surface area contributed by atoms with E-state index in [0.29, 0.717) is 38.3 Å². The Kier molecular flexibility index (Phi) is 5.89. The molecular formula is C25H29N5O3S. The summed E-state index contributed by atoms with van der Waals surface area (Å²) in [5.41, 5.74) is 4.42. The summed E-state index contributed by atoms with van der Waals surface area (Å²) < 4.78 is 26.1. The lowest BCUT2D eigenvalue weighted by Crippen LogP contribution is -2.49. The van der Waals surface area contributed by atoms with Gasteiger partial charge >= 0.3 is 0 Å². The monoisotopic (exact) mass is 479 g/mol. The lowest BCUT2D eigenvalue weighted by molar-refractivity contribution is 0.0739. The minimum Gasteiger partial charge on any atom is -0.353 e. The molecule has 5 rings (SSSR count). The van der Waals surface area contributed by atoms with Crippen molar-refractivity contribution in [3.63, 3.8) is 0 Å². The van der Waals surface area contributed by atoms with Crippen molar-refractivity contribution in [3.8, 4) is 11.3 Å². The molecule has 2 aliphatic rings. The van der Waals surface area contributed by atoms with Crippen LogP contribution in [0.15, 0.2) is 48.7 Å². The first-order chi connectivity index (χ1) is 16.3. The normalized spacial score (nSPS) is 20.0. The third-order valence-corrected chi connectivity index (χ3v) is 8.60. The lowest BCUT2D eigenvalue weighted by atomic mass is 10.0. The number of hydrogen-bond donors (Lipinski definition) is 0. The van der Waals surface area contributed by atoms with Gasteiger partial charge in [0, 0.05) is 37.9 Å². The molecule has 2 aliphatic heterocycles. The van der Waals surface area contributed by atoms with Crippen molar-refractivity contribution in [1.29, 1.82) is 0 Å². The van der Waals surface area contributed by atoms with Crippen LogP contribution in [0.2, 0.25) is 0 Å². The van der Waals surface area contributed by atoms with E-state index in [0.717, 1.165) is 22.6 Å². The molecule has 4 heterocycles. The van der Waals surface area contributed by atoms with Crippen LogP contribution in [0.5, 0.6) is 0 Å². The second-order valence-electron chi connectivity index (χ2n) is 9.18. The van der Waals surface area contributed by atoms with E-state index < -0.39 is 9.84 Å². The van der Waals surface area contributed by atoms with E-state index >= 15 is 0 Å². The van der Waals surface area contributed by atoms with E-state index in [4.69, 9.17) is 0 Å². The Morgan fingerprint density at radius 1 is 1.00 bits per heavy atom. The van der Waals surface area contributed by atoms with Crippen molar-refractivity contribution in [3.05, 3.63) is 65.5 Å². The molecule has 2 saturated heterocycles. The highest BCUT2D eigenvalue weighted by Crippen LogP contribution is 2.31. The van der Waals surface area contributed by atoms with Crippen molar-refractivity contribution in [2.24, 2.45) is 0 Å². The summed E-state index contributed by atoms with van der Waals surface area (Å²) >= 11 is 0. The number of amides is 1. The van der Waals surface area contributed by atoms with Crippen molar-refractivity contribution < 1.29 is 13.2 Å². The van der Waals surface area contributed by atoms with Crippen LogP contribution in [0.1, 0.15) is 34.1 Å². The minimum atomic E-state index is -3.09. The van der Waals surface area contributed by atoms with Gasteiger partial charge in [0.1, 0.15) is 5.82 Å². The Morgan fingerprint density at radius 2 is 1.79 bits per heavy atom. The molecule has 0 bridgehead atoms. The number of aryl methyl sites for hydroxylation is 2. The van der Waals surface area contributed by atoms with Crippen molar-refractivity contribution in [2.45, 2.75) is 26.3 Å². The van der Waals surface area contributed by atoms with Crippen LogP contribution in [0.3, 0.4) is 0 Å². The van der Waals surface area contributed by atoms with Crippen molar-refractivity contribution in [2.75, 3.05) is 42.6 Å². The molecule has 178 valence electrons. The van der Waals surface area contributed by atoms with Crippen molar-refractivity contribution >= 4 is 21.6 Å². The second kappa shape index (κ2) is 8.87. The molecule has 2 aromatic heterocycles. The summed E-state index contributed by atoms with van der Waals surface area (Å²) in [4.78, 5) is 21.8. The number of pyridine rings is 1. The molecule has 3 aromatic rings. The van der Waals surface area contributed by atoms with Gasteiger partial charge in [0.25, 0.3) is 5.91 Å². The van der Waals surface area contributed by atoms with Gasteiger partial charge in [-0.15, -0.1) is 0 Å². The van der Waals surface area contributed by atoms with Crippen LogP contribution in [0, 0.1) is 13.8 Å². The Labute approximate surface area is 200 Å². The number of nitrogens with zero attached hydrogens (tertiary/aromatic N) is 5. The molecule has 1 atom stereocenters. The molecule has 0 aliphatic carbocycles. The van der Waals surface area contributed by atoms with Crippen LogP contribution in [-0.2, 0) is 9.84 Å². The summed E-state index contributed by atoms with van der Waals surface area (Å²) in [7, 11) is -3.09. The number of aromatic nitrogens is 3. The fourth-order valence-electron chi connectivity index (χ4n) is 4.70. The van der Waals surface area contributed by atoms with Crippen LogP contribution in [-0.4, -0.2) is 71.7 Å². The molecule has 0 spiro atoms. The number of sulfone groups is 1. The van der Waals surface area contributed by atoms with Gasteiger partial charge in [-0.2, -0.15) is 5.10 Å². The third-order valence-electron chi connectivity index (χ3n) is 6.85. The van der Waals surface area contributed by atoms with E-state index in [1.54, 1.807) is 10.9 Å². The average Bonchev–Trinajstić information content (AvgIpc) is 3.44. The zero-order valence-electron chi connectivity index (χ0n) is 19.5. The number of rotatable bonds is 4. The third kappa shape index (κ3) is 4.44. The predicted octanol–water partition coefficient (Wildman–Crippen LogP) is 2.88. The standard InChI is InChI=1S/C25H29N5O3S/c1-18-6-7-20(15-19(18)2)23-16-22(27-30(23)21-8-14-34(32,33)17-21)25(31)29-12-10-28(11-13-29)24-5-3-4-9-26-24/h3-7,9,15-16,21H,8,10-14,17H2,1-2H3/t21-/m1/s1. The number of anilines is 1. The number of piperazine rings is 1. The van der Waals surface area contributed by atoms with Gasteiger partial charge in [0.05, 0.1) is 23.2 Å². The topological polar surface area (TPSA) is 88.4 Å². The molecule has 0 unspecified atom stereocenters. The largest absolute Gasteiger partial charge is 0.353 e. The SMILES string of the molecule is Cc1ccc(-c2cc(C(=O)N3CCN(c4ccccn4)CC3)nn2[C@@H]2CCS(=O)(=O)C2)cc1C. The van der Waals surface area contributed by atoms with Crippen LogP contribution in [0.25, 0.3) is 11.3 Å². The van der Waals surface area contributed by atoms with E-state index in [-0.39, 0.29) is 23.5 Å². The Hall–Kier alpha value is -3.20. The number of hydrogen-bond acceptors (Lipinski definition) is 6. The van der Waals surface area contributed by atoms with Crippen LogP contribution < -0.4 is 4.90 Å². The summed E-state index contributed by atoms with van der Waals surface area (Å²) in [6, 6.07) is 13.5. The molecule has 34 heavy (non-hydrogen) atoms. The van der Waals surface area contributed by atoms with E-state index in [9.17, 15) is 13.2 Å². The van der Waals surface area contributed by atoms with Gasteiger partial charge in [-0.1, -0.05) is 18.2 Å². The first-order valence-corrected chi connectivity index (χ1v) is 13.5. The minimum absolute atomic E-state index is 0.0584. The van der Waals surface area contributed by atoms with Gasteiger partial charge in [0.2, 0.25) is 0 Å². The Morgan fingerprint density at radius 3 is 2.44 bits per heavy atom. The molecule has 0 radical (unpaired) electrons. The molecule has 0 N–H and O–H groups in total. The quantitative estimate of drug-likeness (QED) is 0.572. The molecule has 8 nitrogen and oxygen atoms in total. The van der Waals surface area contributed by atoms with Crippen molar-refractivity contribution in [1.82, 2.24) is 19.7 Å². The zero-order valence-corrected chi connectivity index (χ0v) is 20.3. The highest BCUT2D eigenvalue weighted by Gasteiger charge is 2.33. The summed E-state index contributed by atoms with van der Waals surface area (Å²) in [5.74, 6) is 1.01. The average molecular weight is 480 g/mol. The molecule has 1 amide bonds. The highest BCUT2D eigenvalue weighted by molar-refractivity contribution is 7.91. The fourth-order valence-corrected chi connectivity index (χ4v) is 6.40. The first kappa shape index (κ1) is 22.6. The van der Waals surface area contributed by atoms with Gasteiger partial charge in [0.15, 0.2) is 15.5 Å². The fraction of sp³-hybridized carbons (Fsp3) is 0.400. The lowest BCUT2D eigenvalue weighted by Gasteiger charge is -2.35. The van der Waals surface area contributed by atoms with E-state index in [2.05, 4.69) is 28.0 Å². The van der Waals surface area contributed by atoms with E-state index in [1.807, 2.05) is 48.2 Å². The smallest absolute Gasteiger partial charge is 0.274 e. The first-order valence-electron chi connectivity index (χ1n) is 11.6. The Bertz CT molecular complexity index is 1310. The molecule has 1 aromatic carbocycles. The van der Waals surface area contributed by atoms with E-state index in [1.165, 1.54) is 5.56 Å². The number of carbonyl (C=O) groups excluding carboxylic acids is 1. The van der Waals surface area contributed by atoms with Gasteiger partial charge in [-0.3, -0.25) is 9.48 Å². The summed E-state index contributed by atoms with van der Waals surface area (Å²) in [5, 5.41) is 4.67. The second-order valence-corrected chi connectivity index (χ2v) is 11.4. The molecule has 2 fully saturated rings. The van der Waals surface area contributed by atoms with Crippen LogP contribution >= 0.6 is 0 Å². The van der Waals surface area contributed by atoms with Gasteiger partial charge < -0.3 is 9.80 Å². The van der Waals surface area contributed by atoms with Gasteiger partial charge in [-0.25, -0.2) is 13.4 Å². The zero-order chi connectivity index (χ0) is 23.9. The summed E-state index contributed by atoms with van der Waals surface area (Å²) in [6.45, 7) is 6.67. The maximum atomic E-state index is 13.4. The van der Waals surface area contributed by atoms with Crippen LogP contribution in [0.4, 0.5) is 5.82 Å². The number of carbonyl (C=O) groups is 1. The molecular weight excluding hydrogens is 450 g/mol. The predicted molar refractivity (Wildman–Crippen MR) is 132 cm³/mol. The molecule has 0 saturated carbocycles. The van der Waals surface area contributed by atoms with Gasteiger partial charge in [-0.05, 0) is 55.7 Å². The maximum absolute atomic E-state index is 13.4. The Balaban J connectivity index is 1.41.